The Morgan fingerprint density at radius 1 is 1.18 bits per heavy atom. The molecule has 6 nitrogen and oxygen atoms in total. The molecular formula is C16H26N4O2. The van der Waals surface area contributed by atoms with Crippen LogP contribution >= 0.6 is 0 Å². The zero-order valence-electron chi connectivity index (χ0n) is 13.0. The summed E-state index contributed by atoms with van der Waals surface area (Å²) in [4.78, 5) is 10.9. The molecule has 122 valence electrons. The summed E-state index contributed by atoms with van der Waals surface area (Å²) in [6.07, 6.45) is 7.55. The predicted molar refractivity (Wildman–Crippen MR) is 85.9 cm³/mol. The highest BCUT2D eigenvalue weighted by Gasteiger charge is 2.24. The quantitative estimate of drug-likeness (QED) is 0.780. The normalized spacial score (nSPS) is 29.4. The van der Waals surface area contributed by atoms with Gasteiger partial charge in [0.1, 0.15) is 18.0 Å². The summed E-state index contributed by atoms with van der Waals surface area (Å²) in [7, 11) is 0. The van der Waals surface area contributed by atoms with Crippen molar-refractivity contribution in [1.82, 2.24) is 9.97 Å². The van der Waals surface area contributed by atoms with Crippen LogP contribution in [0.2, 0.25) is 0 Å². The van der Waals surface area contributed by atoms with Gasteiger partial charge in [0.05, 0.1) is 12.1 Å². The van der Waals surface area contributed by atoms with E-state index >= 15 is 0 Å². The van der Waals surface area contributed by atoms with E-state index in [2.05, 4.69) is 20.2 Å². The van der Waals surface area contributed by atoms with E-state index in [9.17, 15) is 10.2 Å². The van der Waals surface area contributed by atoms with Gasteiger partial charge in [0, 0.05) is 25.8 Å². The summed E-state index contributed by atoms with van der Waals surface area (Å²) in [5, 5.41) is 22.8. The van der Waals surface area contributed by atoms with Gasteiger partial charge < -0.3 is 20.4 Å². The van der Waals surface area contributed by atoms with Crippen molar-refractivity contribution in [3.8, 4) is 0 Å². The molecule has 1 saturated heterocycles. The Morgan fingerprint density at radius 2 is 2.05 bits per heavy atom. The van der Waals surface area contributed by atoms with Crippen LogP contribution in [0.25, 0.3) is 0 Å². The molecule has 0 spiro atoms. The minimum Gasteiger partial charge on any atom is -0.396 e. The molecule has 6 heteroatoms. The van der Waals surface area contributed by atoms with Gasteiger partial charge in [-0.15, -0.1) is 0 Å². The van der Waals surface area contributed by atoms with E-state index in [1.54, 1.807) is 6.33 Å². The van der Waals surface area contributed by atoms with Crippen LogP contribution in [0.15, 0.2) is 12.4 Å². The maximum Gasteiger partial charge on any atom is 0.134 e. The molecule has 0 radical (unpaired) electrons. The SMILES string of the molecule is OCC1CCCN(c2cc(N[C@H]3CCCC[C@@H]3O)ncn2)C1. The third-order valence-electron chi connectivity index (χ3n) is 4.82. The molecule has 1 aromatic rings. The zero-order chi connectivity index (χ0) is 15.4. The molecule has 2 fully saturated rings. The highest BCUT2D eigenvalue weighted by Crippen LogP contribution is 2.25. The van der Waals surface area contributed by atoms with E-state index in [0.29, 0.717) is 5.92 Å². The Balaban J connectivity index is 1.66. The Hall–Kier alpha value is -1.40. The first-order valence-electron chi connectivity index (χ1n) is 8.38. The Kier molecular flexibility index (Phi) is 5.10. The summed E-state index contributed by atoms with van der Waals surface area (Å²) in [5.74, 6) is 2.02. The lowest BCUT2D eigenvalue weighted by Gasteiger charge is -2.33. The number of aliphatic hydroxyl groups excluding tert-OH is 2. The molecule has 1 aliphatic heterocycles. The van der Waals surface area contributed by atoms with Crippen LogP contribution in [-0.2, 0) is 0 Å². The average molecular weight is 306 g/mol. The number of aliphatic hydroxyl groups is 2. The molecule has 0 aromatic carbocycles. The van der Waals surface area contributed by atoms with Gasteiger partial charge in [-0.1, -0.05) is 12.8 Å². The molecule has 3 rings (SSSR count). The van der Waals surface area contributed by atoms with Crippen LogP contribution in [0.4, 0.5) is 11.6 Å². The lowest BCUT2D eigenvalue weighted by Crippen LogP contribution is -2.38. The molecule has 1 aromatic heterocycles. The molecule has 0 amide bonds. The number of anilines is 2. The van der Waals surface area contributed by atoms with E-state index in [-0.39, 0.29) is 18.8 Å². The van der Waals surface area contributed by atoms with Gasteiger partial charge in [0.25, 0.3) is 0 Å². The van der Waals surface area contributed by atoms with Gasteiger partial charge in [-0.2, -0.15) is 0 Å². The highest BCUT2D eigenvalue weighted by atomic mass is 16.3. The second kappa shape index (κ2) is 7.24. The molecule has 1 aliphatic carbocycles. The van der Waals surface area contributed by atoms with E-state index in [1.165, 1.54) is 0 Å². The molecule has 2 heterocycles. The smallest absolute Gasteiger partial charge is 0.134 e. The average Bonchev–Trinajstić information content (AvgIpc) is 2.57. The second-order valence-corrected chi connectivity index (χ2v) is 6.50. The Bertz CT molecular complexity index is 485. The highest BCUT2D eigenvalue weighted by molar-refractivity contribution is 5.49. The second-order valence-electron chi connectivity index (χ2n) is 6.50. The number of hydrogen-bond donors (Lipinski definition) is 3. The first-order valence-corrected chi connectivity index (χ1v) is 8.38. The third kappa shape index (κ3) is 3.67. The summed E-state index contributed by atoms with van der Waals surface area (Å²) in [6.45, 7) is 2.05. The molecular weight excluding hydrogens is 280 g/mol. The van der Waals surface area contributed by atoms with Crippen molar-refractivity contribution in [1.29, 1.82) is 0 Å². The maximum atomic E-state index is 10.1. The van der Waals surface area contributed by atoms with Crippen molar-refractivity contribution in [3.63, 3.8) is 0 Å². The fraction of sp³-hybridized carbons (Fsp3) is 0.750. The first kappa shape index (κ1) is 15.5. The van der Waals surface area contributed by atoms with Crippen LogP contribution in [0.1, 0.15) is 38.5 Å². The number of hydrogen-bond acceptors (Lipinski definition) is 6. The van der Waals surface area contributed by atoms with Gasteiger partial charge in [0.2, 0.25) is 0 Å². The van der Waals surface area contributed by atoms with Gasteiger partial charge in [-0.25, -0.2) is 9.97 Å². The van der Waals surface area contributed by atoms with Crippen molar-refractivity contribution in [2.75, 3.05) is 29.9 Å². The largest absolute Gasteiger partial charge is 0.396 e. The first-order chi connectivity index (χ1) is 10.8. The van der Waals surface area contributed by atoms with Gasteiger partial charge in [-0.05, 0) is 31.6 Å². The molecule has 2 aliphatic rings. The van der Waals surface area contributed by atoms with Crippen LogP contribution in [-0.4, -0.2) is 52.0 Å². The summed E-state index contributed by atoms with van der Waals surface area (Å²) in [5.41, 5.74) is 0. The molecule has 3 N–H and O–H groups in total. The molecule has 0 bridgehead atoms. The molecule has 3 atom stereocenters. The van der Waals surface area contributed by atoms with E-state index in [1.807, 2.05) is 6.07 Å². The number of nitrogens with zero attached hydrogens (tertiary/aromatic N) is 3. The van der Waals surface area contributed by atoms with E-state index in [4.69, 9.17) is 0 Å². The van der Waals surface area contributed by atoms with Crippen molar-refractivity contribution < 1.29 is 10.2 Å². The van der Waals surface area contributed by atoms with Gasteiger partial charge in [-0.3, -0.25) is 0 Å². The minimum absolute atomic E-state index is 0.0862. The number of piperidine rings is 1. The van der Waals surface area contributed by atoms with Crippen LogP contribution in [0, 0.1) is 5.92 Å². The third-order valence-corrected chi connectivity index (χ3v) is 4.82. The zero-order valence-corrected chi connectivity index (χ0v) is 13.0. The summed E-state index contributed by atoms with van der Waals surface area (Å²) >= 11 is 0. The fourth-order valence-electron chi connectivity index (χ4n) is 3.49. The number of rotatable bonds is 4. The van der Waals surface area contributed by atoms with Crippen molar-refractivity contribution in [3.05, 3.63) is 12.4 Å². The fourth-order valence-corrected chi connectivity index (χ4v) is 3.49. The van der Waals surface area contributed by atoms with Gasteiger partial charge in [0.15, 0.2) is 0 Å². The van der Waals surface area contributed by atoms with Crippen LogP contribution in [0.5, 0.6) is 0 Å². The Labute approximate surface area is 131 Å². The molecule has 22 heavy (non-hydrogen) atoms. The Morgan fingerprint density at radius 3 is 2.86 bits per heavy atom. The van der Waals surface area contributed by atoms with Gasteiger partial charge >= 0.3 is 0 Å². The lowest BCUT2D eigenvalue weighted by atomic mass is 9.92. The summed E-state index contributed by atoms with van der Waals surface area (Å²) in [6, 6.07) is 2.05. The molecule has 1 unspecified atom stereocenters. The van der Waals surface area contributed by atoms with E-state index in [0.717, 1.165) is 63.3 Å². The lowest BCUT2D eigenvalue weighted by molar-refractivity contribution is 0.116. The minimum atomic E-state index is -0.291. The van der Waals surface area contributed by atoms with Crippen LogP contribution < -0.4 is 10.2 Å². The standard InChI is InChI=1S/C16H26N4O2/c21-10-12-4-3-7-20(9-12)16-8-15(17-11-18-16)19-13-5-1-2-6-14(13)22/h8,11-14,21-22H,1-7,9-10H2,(H,17,18,19)/t12?,13-,14-/m0/s1. The van der Waals surface area contributed by atoms with Crippen LogP contribution in [0.3, 0.4) is 0 Å². The monoisotopic (exact) mass is 306 g/mol. The maximum absolute atomic E-state index is 10.1. The number of aromatic nitrogens is 2. The summed E-state index contributed by atoms with van der Waals surface area (Å²) < 4.78 is 0. The number of nitrogens with one attached hydrogen (secondary N) is 1. The van der Waals surface area contributed by atoms with E-state index < -0.39 is 0 Å². The van der Waals surface area contributed by atoms with Crippen molar-refractivity contribution in [2.45, 2.75) is 50.7 Å². The predicted octanol–water partition coefficient (Wildman–Crippen LogP) is 1.40. The van der Waals surface area contributed by atoms with Crippen molar-refractivity contribution in [2.24, 2.45) is 5.92 Å². The topological polar surface area (TPSA) is 81.5 Å². The molecule has 1 saturated carbocycles. The van der Waals surface area contributed by atoms with Crippen molar-refractivity contribution >= 4 is 11.6 Å².